The molecule has 3 unspecified atom stereocenters. The van der Waals surface area contributed by atoms with E-state index in [-0.39, 0.29) is 30.9 Å². The Morgan fingerprint density at radius 2 is 1.52 bits per heavy atom. The van der Waals surface area contributed by atoms with E-state index in [2.05, 4.69) is 69.2 Å². The molecule has 4 fully saturated rings. The second-order valence-electron chi connectivity index (χ2n) is 15.5. The lowest BCUT2D eigenvalue weighted by atomic mass is 9.45. The molecule has 0 aromatic carbocycles. The van der Waals surface area contributed by atoms with Crippen molar-refractivity contribution in [2.75, 3.05) is 6.61 Å². The van der Waals surface area contributed by atoms with E-state index in [0.29, 0.717) is 12.8 Å². The SMILES string of the molecule is CC[Si](CC)(CC)O[C@H]1C[C@@]23OC(S)OC2C2[C@](C)(C(=O)CC(=C1C)C3(C)C)[C@@H](O[Si](CC)(CC)CC)C[C@H]1OC[C@@]21OC(C)=O. The lowest BCUT2D eigenvalue weighted by molar-refractivity contribution is -0.335. The highest BCUT2D eigenvalue weighted by molar-refractivity contribution is 7.80. The van der Waals surface area contributed by atoms with Crippen LogP contribution < -0.4 is 0 Å². The summed E-state index contributed by atoms with van der Waals surface area (Å²) in [5.74, 6) is -0.836. The number of Topliss-reactive ketones (excluding diaryl/α,β-unsaturated/α-hetero) is 1. The zero-order chi connectivity index (χ0) is 34.1. The van der Waals surface area contributed by atoms with E-state index in [9.17, 15) is 4.79 Å². The molecule has 262 valence electrons. The summed E-state index contributed by atoms with van der Waals surface area (Å²) in [6, 6.07) is 5.97. The van der Waals surface area contributed by atoms with Crippen LogP contribution in [0.15, 0.2) is 11.1 Å². The van der Waals surface area contributed by atoms with Crippen molar-refractivity contribution in [3.8, 4) is 0 Å². The van der Waals surface area contributed by atoms with Crippen molar-refractivity contribution in [1.82, 2.24) is 0 Å². The third-order valence-electron chi connectivity index (χ3n) is 13.8. The molecular formula is C35H60O8SSi2. The number of hydrogen-bond acceptors (Lipinski definition) is 9. The van der Waals surface area contributed by atoms with Gasteiger partial charge in [-0.15, -0.1) is 12.6 Å². The van der Waals surface area contributed by atoms with Crippen LogP contribution in [-0.4, -0.2) is 76.2 Å². The molecule has 0 amide bonds. The van der Waals surface area contributed by atoms with Crippen molar-refractivity contribution in [1.29, 1.82) is 0 Å². The number of ketones is 1. The molecule has 0 aromatic heterocycles. The van der Waals surface area contributed by atoms with E-state index in [4.69, 9.17) is 40.4 Å². The molecular weight excluding hydrogens is 637 g/mol. The molecule has 2 saturated carbocycles. The van der Waals surface area contributed by atoms with Crippen molar-refractivity contribution in [2.45, 2.75) is 173 Å². The molecule has 1 spiro atoms. The Labute approximate surface area is 285 Å². The molecule has 5 rings (SSSR count). The fourth-order valence-corrected chi connectivity index (χ4v) is 16.3. The van der Waals surface area contributed by atoms with E-state index in [1.807, 2.05) is 0 Å². The lowest BCUT2D eigenvalue weighted by Gasteiger charge is -2.67. The van der Waals surface area contributed by atoms with Gasteiger partial charge in [0.2, 0.25) is 5.62 Å². The minimum atomic E-state index is -2.17. The Morgan fingerprint density at radius 3 is 2.02 bits per heavy atom. The van der Waals surface area contributed by atoms with E-state index in [1.54, 1.807) is 0 Å². The van der Waals surface area contributed by atoms with E-state index in [1.165, 1.54) is 6.92 Å². The summed E-state index contributed by atoms with van der Waals surface area (Å²) in [4.78, 5) is 28.2. The van der Waals surface area contributed by atoms with Crippen molar-refractivity contribution in [3.63, 3.8) is 0 Å². The molecule has 9 atom stereocenters. The largest absolute Gasteiger partial charge is 0.454 e. The number of esters is 1. The number of ether oxygens (including phenoxy) is 4. The molecule has 0 aromatic rings. The number of carbonyl (C=O) groups excluding carboxylic acids is 2. The monoisotopic (exact) mass is 696 g/mol. The molecule has 3 aliphatic carbocycles. The van der Waals surface area contributed by atoms with E-state index < -0.39 is 68.5 Å². The predicted molar refractivity (Wildman–Crippen MR) is 187 cm³/mol. The zero-order valence-electron chi connectivity index (χ0n) is 30.2. The average Bonchev–Trinajstić information content (AvgIpc) is 3.35. The highest BCUT2D eigenvalue weighted by atomic mass is 32.1. The van der Waals surface area contributed by atoms with Gasteiger partial charge in [0, 0.05) is 37.5 Å². The third kappa shape index (κ3) is 5.14. The highest BCUT2D eigenvalue weighted by Crippen LogP contribution is 2.67. The van der Waals surface area contributed by atoms with Crippen LogP contribution in [0, 0.1) is 16.7 Å². The van der Waals surface area contributed by atoms with Gasteiger partial charge in [0.05, 0.1) is 30.3 Å². The fourth-order valence-electron chi connectivity index (χ4n) is 10.2. The van der Waals surface area contributed by atoms with Gasteiger partial charge < -0.3 is 27.8 Å². The van der Waals surface area contributed by atoms with E-state index in [0.717, 1.165) is 47.4 Å². The van der Waals surface area contributed by atoms with Gasteiger partial charge in [0.15, 0.2) is 22.2 Å². The van der Waals surface area contributed by atoms with Crippen LogP contribution in [0.2, 0.25) is 36.3 Å². The molecule has 0 radical (unpaired) electrons. The van der Waals surface area contributed by atoms with Gasteiger partial charge in [-0.05, 0) is 55.7 Å². The summed E-state index contributed by atoms with van der Waals surface area (Å²) in [5, 5.41) is 0. The molecule has 2 heterocycles. The van der Waals surface area contributed by atoms with Gasteiger partial charge in [-0.1, -0.05) is 61.0 Å². The Bertz CT molecular complexity index is 1220. The number of rotatable bonds is 11. The molecule has 46 heavy (non-hydrogen) atoms. The molecule has 2 bridgehead atoms. The van der Waals surface area contributed by atoms with Crippen LogP contribution in [0.4, 0.5) is 0 Å². The van der Waals surface area contributed by atoms with Gasteiger partial charge in [0.25, 0.3) is 0 Å². The standard InChI is InChI=1S/C35H60O8SSi2/c1-12-45(13-2,14-3)42-25-20-35-30(39-31(44)41-35)29-33(11,26(37)18-24(22(25)7)32(35,9)10)27(43-46(15-4,16-5)17-6)19-28-34(29,21-38-28)40-23(8)36/h25,27-31,44H,12-21H2,1-11H3/t25-,27-,28+,29?,30?,31?,33+,34-,35+/m0/s1. The molecule has 2 saturated heterocycles. The summed E-state index contributed by atoms with van der Waals surface area (Å²) in [5.41, 5.74) is -2.11. The number of thiol groups is 1. The third-order valence-corrected chi connectivity index (χ3v) is 23.4. The van der Waals surface area contributed by atoms with Crippen LogP contribution in [0.1, 0.15) is 95.4 Å². The van der Waals surface area contributed by atoms with Gasteiger partial charge in [-0.25, -0.2) is 0 Å². The van der Waals surface area contributed by atoms with Gasteiger partial charge >= 0.3 is 5.97 Å². The molecule has 11 heteroatoms. The molecule has 0 N–H and O–H groups in total. The quantitative estimate of drug-likeness (QED) is 0.102. The van der Waals surface area contributed by atoms with Crippen molar-refractivity contribution >= 4 is 41.0 Å². The van der Waals surface area contributed by atoms with Gasteiger partial charge in [0.1, 0.15) is 17.5 Å². The van der Waals surface area contributed by atoms with Crippen LogP contribution in [0.5, 0.6) is 0 Å². The number of fused-ring (bicyclic) bond motifs is 5. The van der Waals surface area contributed by atoms with Crippen LogP contribution in [0.3, 0.4) is 0 Å². The first-order valence-corrected chi connectivity index (χ1v) is 23.5. The average molecular weight is 697 g/mol. The molecule has 5 aliphatic rings. The van der Waals surface area contributed by atoms with Crippen LogP contribution >= 0.6 is 12.6 Å². The minimum absolute atomic E-state index is 0.110. The van der Waals surface area contributed by atoms with Crippen molar-refractivity contribution < 1.29 is 37.4 Å². The number of hydrogen-bond donors (Lipinski definition) is 1. The first-order valence-electron chi connectivity index (χ1n) is 18.0. The summed E-state index contributed by atoms with van der Waals surface area (Å²) in [7, 11) is -4.21. The molecule has 2 aliphatic heterocycles. The second kappa shape index (κ2) is 12.7. The van der Waals surface area contributed by atoms with Crippen LogP contribution in [0.25, 0.3) is 0 Å². The van der Waals surface area contributed by atoms with Gasteiger partial charge in [-0.3, -0.25) is 9.59 Å². The maximum absolute atomic E-state index is 15.3. The Balaban J connectivity index is 1.76. The summed E-state index contributed by atoms with van der Waals surface area (Å²) in [6.45, 7) is 23.7. The number of carbonyl (C=O) groups is 2. The second-order valence-corrected chi connectivity index (χ2v) is 25.4. The first-order chi connectivity index (χ1) is 21.5. The zero-order valence-corrected chi connectivity index (χ0v) is 33.1. The lowest BCUT2D eigenvalue weighted by Crippen LogP contribution is -2.80. The smallest absolute Gasteiger partial charge is 0.303 e. The Morgan fingerprint density at radius 1 is 0.957 bits per heavy atom. The van der Waals surface area contributed by atoms with Crippen molar-refractivity contribution in [3.05, 3.63) is 11.1 Å². The summed E-state index contributed by atoms with van der Waals surface area (Å²) in [6.07, 6.45) is -0.286. The Hall–Kier alpha value is -0.536. The van der Waals surface area contributed by atoms with Gasteiger partial charge in [-0.2, -0.15) is 0 Å². The normalized spacial score (nSPS) is 40.3. The minimum Gasteiger partial charge on any atom is -0.454 e. The topological polar surface area (TPSA) is 89.5 Å². The predicted octanol–water partition coefficient (Wildman–Crippen LogP) is 7.58. The Kier molecular flexibility index (Phi) is 10.1. The fraction of sp³-hybridized carbons (Fsp3) is 0.886. The summed E-state index contributed by atoms with van der Waals surface area (Å²) < 4.78 is 41.0. The maximum atomic E-state index is 15.3. The molecule has 8 nitrogen and oxygen atoms in total. The van der Waals surface area contributed by atoms with E-state index >= 15 is 4.79 Å². The maximum Gasteiger partial charge on any atom is 0.303 e. The van der Waals surface area contributed by atoms with Crippen molar-refractivity contribution in [2.24, 2.45) is 16.7 Å². The first kappa shape index (κ1) is 36.7. The summed E-state index contributed by atoms with van der Waals surface area (Å²) >= 11 is 4.82. The van der Waals surface area contributed by atoms with Crippen LogP contribution in [-0.2, 0) is 37.4 Å². The highest BCUT2D eigenvalue weighted by Gasteiger charge is 2.78.